The van der Waals surface area contributed by atoms with Crippen molar-refractivity contribution in [3.8, 4) is 0 Å². The predicted octanol–water partition coefficient (Wildman–Crippen LogP) is 5.66. The van der Waals surface area contributed by atoms with Crippen molar-refractivity contribution in [3.63, 3.8) is 0 Å². The van der Waals surface area contributed by atoms with Gasteiger partial charge in [-0.2, -0.15) is 0 Å². The topological polar surface area (TPSA) is 86.8 Å². The van der Waals surface area contributed by atoms with Crippen molar-refractivity contribution >= 4 is 59.4 Å². The molecule has 202 valence electrons. The van der Waals surface area contributed by atoms with E-state index < -0.39 is 28.5 Å². The van der Waals surface area contributed by atoms with Crippen molar-refractivity contribution in [2.24, 2.45) is 0 Å². The Hall–Kier alpha value is -2.69. The summed E-state index contributed by atoms with van der Waals surface area (Å²) in [7, 11) is -4.10. The first-order chi connectivity index (χ1) is 18.0. The van der Waals surface area contributed by atoms with Crippen molar-refractivity contribution in [1.29, 1.82) is 0 Å². The molecule has 0 aromatic heterocycles. The molecule has 1 N–H and O–H groups in total. The maximum Gasteiger partial charge on any atom is 0.264 e. The van der Waals surface area contributed by atoms with Gasteiger partial charge in [0.25, 0.3) is 10.0 Å². The smallest absolute Gasteiger partial charge is 0.264 e. The highest BCUT2D eigenvalue weighted by Crippen LogP contribution is 2.27. The van der Waals surface area contributed by atoms with E-state index >= 15 is 0 Å². The summed E-state index contributed by atoms with van der Waals surface area (Å²) in [4.78, 5) is 28.2. The van der Waals surface area contributed by atoms with Crippen LogP contribution in [0.15, 0.2) is 86.6 Å². The second-order valence-corrected chi connectivity index (χ2v) is 12.6. The molecule has 0 spiro atoms. The van der Waals surface area contributed by atoms with E-state index in [1.165, 1.54) is 17.0 Å². The molecule has 0 aliphatic heterocycles. The van der Waals surface area contributed by atoms with Crippen LogP contribution in [-0.4, -0.2) is 44.3 Å². The molecule has 2 amide bonds. The van der Waals surface area contributed by atoms with Crippen LogP contribution in [0.3, 0.4) is 0 Å². The molecule has 0 saturated heterocycles. The van der Waals surface area contributed by atoms with Crippen molar-refractivity contribution < 1.29 is 18.0 Å². The van der Waals surface area contributed by atoms with E-state index in [1.54, 1.807) is 43.3 Å². The molecule has 3 aromatic rings. The van der Waals surface area contributed by atoms with Crippen LogP contribution in [0.25, 0.3) is 0 Å². The fraction of sp³-hybridized carbons (Fsp3) is 0.286. The number of carbonyl (C=O) groups excluding carboxylic acids is 2. The Morgan fingerprint density at radius 3 is 2.21 bits per heavy atom. The number of amides is 2. The number of sulfonamides is 1. The predicted molar refractivity (Wildman–Crippen MR) is 157 cm³/mol. The average Bonchev–Trinajstić information content (AvgIpc) is 2.89. The quantitative estimate of drug-likeness (QED) is 0.287. The van der Waals surface area contributed by atoms with Gasteiger partial charge < -0.3 is 10.2 Å². The lowest BCUT2D eigenvalue weighted by molar-refractivity contribution is -0.139. The van der Waals surface area contributed by atoms with Crippen LogP contribution < -0.4 is 9.62 Å². The van der Waals surface area contributed by atoms with Gasteiger partial charge in [0.15, 0.2) is 0 Å². The van der Waals surface area contributed by atoms with E-state index in [1.807, 2.05) is 38.1 Å². The lowest BCUT2D eigenvalue weighted by Crippen LogP contribution is -2.51. The largest absolute Gasteiger partial charge is 0.354 e. The Balaban J connectivity index is 2.01. The molecule has 0 heterocycles. The molecule has 0 radical (unpaired) electrons. The Labute approximate surface area is 241 Å². The van der Waals surface area contributed by atoms with E-state index in [4.69, 9.17) is 0 Å². The van der Waals surface area contributed by atoms with Gasteiger partial charge in [-0.15, -0.1) is 0 Å². The van der Waals surface area contributed by atoms with Crippen molar-refractivity contribution in [3.05, 3.63) is 92.9 Å². The lowest BCUT2D eigenvalue weighted by Gasteiger charge is -2.32. The van der Waals surface area contributed by atoms with Gasteiger partial charge in [-0.3, -0.25) is 13.9 Å². The molecule has 0 aliphatic rings. The molecule has 0 fully saturated rings. The first-order valence-electron chi connectivity index (χ1n) is 12.2. The Morgan fingerprint density at radius 2 is 1.61 bits per heavy atom. The second-order valence-electron chi connectivity index (χ2n) is 8.92. The van der Waals surface area contributed by atoms with Crippen LogP contribution in [0.4, 0.5) is 5.69 Å². The fourth-order valence-electron chi connectivity index (χ4n) is 3.76. The molecular formula is C28H31Br2N3O4S. The highest BCUT2D eigenvalue weighted by molar-refractivity contribution is 9.10. The highest BCUT2D eigenvalue weighted by atomic mass is 79.9. The summed E-state index contributed by atoms with van der Waals surface area (Å²) in [6.07, 6.45) is 0.755. The van der Waals surface area contributed by atoms with E-state index in [-0.39, 0.29) is 17.3 Å². The first kappa shape index (κ1) is 29.9. The number of benzene rings is 3. The van der Waals surface area contributed by atoms with E-state index in [0.717, 1.165) is 26.3 Å². The molecule has 0 aliphatic carbocycles. The normalized spacial score (nSPS) is 12.0. The lowest BCUT2D eigenvalue weighted by atomic mass is 10.1. The van der Waals surface area contributed by atoms with Gasteiger partial charge in [-0.1, -0.05) is 74.7 Å². The molecule has 3 aromatic carbocycles. The van der Waals surface area contributed by atoms with Crippen LogP contribution in [0.1, 0.15) is 31.4 Å². The van der Waals surface area contributed by atoms with Gasteiger partial charge in [0.2, 0.25) is 11.8 Å². The number of nitrogens with one attached hydrogen (secondary N) is 1. The summed E-state index contributed by atoms with van der Waals surface area (Å²) in [6.45, 7) is 5.62. The number of hydrogen-bond acceptors (Lipinski definition) is 4. The van der Waals surface area contributed by atoms with Crippen LogP contribution in [0.5, 0.6) is 0 Å². The van der Waals surface area contributed by atoms with Gasteiger partial charge in [-0.05, 0) is 68.3 Å². The zero-order valence-corrected chi connectivity index (χ0v) is 25.5. The molecule has 10 heteroatoms. The number of carbonyl (C=O) groups is 2. The molecule has 0 saturated carbocycles. The molecule has 0 unspecified atom stereocenters. The van der Waals surface area contributed by atoms with Crippen LogP contribution in [0, 0.1) is 6.92 Å². The Bertz CT molecular complexity index is 1360. The summed E-state index contributed by atoms with van der Waals surface area (Å²) in [5.41, 5.74) is 2.06. The standard InChI is InChI=1S/C28H31Br2N3O4S/c1-4-16-31-28(35)21(3)32(18-22-10-12-23(29)13-11-22)27(34)19-33(25-7-5-6-24(30)17-25)38(36,37)26-14-8-20(2)9-15-26/h5-15,17,21H,4,16,18-19H2,1-3H3,(H,31,35)/t21-/m1/s1. The minimum absolute atomic E-state index is 0.0732. The Morgan fingerprint density at radius 1 is 0.947 bits per heavy atom. The van der Waals surface area contributed by atoms with E-state index in [0.29, 0.717) is 16.7 Å². The molecule has 1 atom stereocenters. The minimum Gasteiger partial charge on any atom is -0.354 e. The van der Waals surface area contributed by atoms with Gasteiger partial charge in [0.05, 0.1) is 10.6 Å². The van der Waals surface area contributed by atoms with Gasteiger partial charge in [0.1, 0.15) is 12.6 Å². The monoisotopic (exact) mass is 663 g/mol. The Kier molecular flexibility index (Phi) is 10.5. The van der Waals surface area contributed by atoms with Crippen LogP contribution >= 0.6 is 31.9 Å². The fourth-order valence-corrected chi connectivity index (χ4v) is 5.82. The number of nitrogens with zero attached hydrogens (tertiary/aromatic N) is 2. The maximum absolute atomic E-state index is 13.9. The minimum atomic E-state index is -4.10. The SMILES string of the molecule is CCCNC(=O)[C@@H](C)N(Cc1ccc(Br)cc1)C(=O)CN(c1cccc(Br)c1)S(=O)(=O)c1ccc(C)cc1. The maximum atomic E-state index is 13.9. The number of anilines is 1. The van der Waals surface area contributed by atoms with Gasteiger partial charge >= 0.3 is 0 Å². The second kappa shape index (κ2) is 13.4. The first-order valence-corrected chi connectivity index (χ1v) is 15.2. The third-order valence-corrected chi connectivity index (χ3v) is 8.78. The van der Waals surface area contributed by atoms with Crippen LogP contribution in [-0.2, 0) is 26.2 Å². The van der Waals surface area contributed by atoms with Gasteiger partial charge in [0, 0.05) is 22.0 Å². The van der Waals surface area contributed by atoms with Crippen molar-refractivity contribution in [2.75, 3.05) is 17.4 Å². The third-order valence-electron chi connectivity index (χ3n) is 5.97. The molecule has 0 bridgehead atoms. The third kappa shape index (κ3) is 7.68. The van der Waals surface area contributed by atoms with Crippen LogP contribution in [0.2, 0.25) is 0 Å². The highest BCUT2D eigenvalue weighted by Gasteiger charge is 2.32. The van der Waals surface area contributed by atoms with Crippen molar-refractivity contribution in [1.82, 2.24) is 10.2 Å². The van der Waals surface area contributed by atoms with E-state index in [2.05, 4.69) is 37.2 Å². The summed E-state index contributed by atoms with van der Waals surface area (Å²) in [5, 5.41) is 2.84. The average molecular weight is 665 g/mol. The molecular weight excluding hydrogens is 634 g/mol. The molecule has 3 rings (SSSR count). The zero-order valence-electron chi connectivity index (χ0n) is 21.5. The number of hydrogen-bond donors (Lipinski definition) is 1. The summed E-state index contributed by atoms with van der Waals surface area (Å²) in [5.74, 6) is -0.796. The molecule has 38 heavy (non-hydrogen) atoms. The summed E-state index contributed by atoms with van der Waals surface area (Å²) in [6, 6.07) is 19.9. The van der Waals surface area contributed by atoms with Gasteiger partial charge in [-0.25, -0.2) is 8.42 Å². The number of halogens is 2. The number of aryl methyl sites for hydroxylation is 1. The summed E-state index contributed by atoms with van der Waals surface area (Å²) < 4.78 is 30.3. The number of rotatable bonds is 11. The zero-order chi connectivity index (χ0) is 27.9. The van der Waals surface area contributed by atoms with E-state index in [9.17, 15) is 18.0 Å². The molecule has 7 nitrogen and oxygen atoms in total. The summed E-state index contributed by atoms with van der Waals surface area (Å²) >= 11 is 6.81. The van der Waals surface area contributed by atoms with Crippen molar-refractivity contribution in [2.45, 2.75) is 44.7 Å².